The molecule has 2 bridgehead atoms. The average molecular weight is 439 g/mol. The van der Waals surface area contributed by atoms with Crippen molar-refractivity contribution in [1.29, 1.82) is 0 Å². The molecule has 1 aliphatic heterocycles. The highest BCUT2D eigenvalue weighted by atomic mass is 16.8. The minimum absolute atomic E-state index is 0.00520. The van der Waals surface area contributed by atoms with E-state index in [0.29, 0.717) is 0 Å². The van der Waals surface area contributed by atoms with E-state index in [1.807, 2.05) is 48.5 Å². The van der Waals surface area contributed by atoms with Crippen LogP contribution in [-0.2, 0) is 19.8 Å². The van der Waals surface area contributed by atoms with Crippen molar-refractivity contribution in [2.75, 3.05) is 10.1 Å². The molecule has 2 amide bonds. The molecule has 0 aromatic heterocycles. The largest absolute Gasteiger partial charge is 0.733 e. The van der Waals surface area contributed by atoms with Crippen molar-refractivity contribution in [3.05, 3.63) is 100 Å². The number of amides is 2. The van der Waals surface area contributed by atoms with Gasteiger partial charge in [0.2, 0.25) is 11.8 Å². The van der Waals surface area contributed by atoms with Crippen molar-refractivity contribution in [3.8, 4) is 0 Å². The van der Waals surface area contributed by atoms with Gasteiger partial charge in [0.15, 0.2) is 0 Å². The van der Waals surface area contributed by atoms with E-state index in [4.69, 9.17) is 0 Å². The van der Waals surface area contributed by atoms with Gasteiger partial charge < -0.3 is 10.4 Å². The molecule has 0 radical (unpaired) electrons. The highest BCUT2D eigenvalue weighted by molar-refractivity contribution is 6.26. The van der Waals surface area contributed by atoms with Crippen LogP contribution in [0.2, 0.25) is 0 Å². The lowest BCUT2D eigenvalue weighted by molar-refractivity contribution is -0.132. The molecule has 1 heterocycles. The molecule has 7 heteroatoms. The molecule has 1 N–H and O–H groups in total. The summed E-state index contributed by atoms with van der Waals surface area (Å²) >= 11 is 0. The first-order valence-electron chi connectivity index (χ1n) is 10.7. The van der Waals surface area contributed by atoms with Gasteiger partial charge in [-0.1, -0.05) is 60.7 Å². The van der Waals surface area contributed by atoms with E-state index in [1.165, 1.54) is 25.1 Å². The van der Waals surface area contributed by atoms with E-state index < -0.39 is 35.0 Å². The monoisotopic (exact) mass is 439 g/mol. The Morgan fingerprint density at radius 2 is 1.45 bits per heavy atom. The molecular weight excluding hydrogens is 420 g/mol. The smallest absolute Gasteiger partial charge is 0.239 e. The zero-order valence-corrected chi connectivity index (χ0v) is 17.6. The third-order valence-corrected chi connectivity index (χ3v) is 7.50. The molecule has 0 saturated carbocycles. The van der Waals surface area contributed by atoms with Gasteiger partial charge in [-0.2, -0.15) is 0 Å². The molecule has 7 rings (SSSR count). The molecule has 4 aliphatic rings. The van der Waals surface area contributed by atoms with Crippen molar-refractivity contribution in [1.82, 2.24) is 0 Å². The molecule has 3 aromatic carbocycles. The topological polar surface area (TPSA) is 101 Å². The van der Waals surface area contributed by atoms with Gasteiger partial charge in [-0.15, -0.1) is 0 Å². The molecular formula is C26H19N2O5-. The summed E-state index contributed by atoms with van der Waals surface area (Å²) in [6, 6.07) is 20.9. The first kappa shape index (κ1) is 19.8. The summed E-state index contributed by atoms with van der Waals surface area (Å²) in [4.78, 5) is 42.4. The SMILES string of the molecule is CC(=O)C12c3ccccc3C(c3ccccc31)C1C(=O)N(c3ccccc3N([O-])O)C(=O)C12. The quantitative estimate of drug-likeness (QED) is 0.495. The van der Waals surface area contributed by atoms with Gasteiger partial charge >= 0.3 is 0 Å². The number of hydrogen-bond acceptors (Lipinski definition) is 6. The van der Waals surface area contributed by atoms with Crippen LogP contribution >= 0.6 is 0 Å². The van der Waals surface area contributed by atoms with Crippen molar-refractivity contribution < 1.29 is 19.6 Å². The van der Waals surface area contributed by atoms with Crippen LogP contribution in [-0.4, -0.2) is 22.8 Å². The van der Waals surface area contributed by atoms with Gasteiger partial charge in [0.1, 0.15) is 5.78 Å². The Kier molecular flexibility index (Phi) is 3.97. The molecule has 2 atom stereocenters. The lowest BCUT2D eigenvalue weighted by Gasteiger charge is -2.52. The predicted molar refractivity (Wildman–Crippen MR) is 120 cm³/mol. The lowest BCUT2D eigenvalue weighted by Crippen LogP contribution is -2.57. The predicted octanol–water partition coefficient (Wildman–Crippen LogP) is 3.52. The molecule has 1 fully saturated rings. The molecule has 1 saturated heterocycles. The van der Waals surface area contributed by atoms with Crippen LogP contribution in [0, 0.1) is 17.0 Å². The fraction of sp³-hybridized carbons (Fsp3) is 0.192. The van der Waals surface area contributed by atoms with Crippen LogP contribution in [0.1, 0.15) is 35.1 Å². The summed E-state index contributed by atoms with van der Waals surface area (Å²) in [5, 5.41) is 21.0. The minimum Gasteiger partial charge on any atom is -0.733 e. The number of hydrogen-bond donors (Lipinski definition) is 1. The second kappa shape index (κ2) is 6.60. The standard InChI is InChI=1S/C26H19N2O5/c1-14(29)26-17-10-4-2-8-15(17)21(16-9-3-5-11-18(16)26)22-23(26)25(31)27(24(22)30)19-12-6-7-13-20(19)28(32)33/h2-13,21-23,32H,1H3/q-1. The van der Waals surface area contributed by atoms with Gasteiger partial charge in [0, 0.05) is 5.92 Å². The van der Waals surface area contributed by atoms with Crippen LogP contribution in [0.4, 0.5) is 11.4 Å². The second-order valence-corrected chi connectivity index (χ2v) is 8.79. The Morgan fingerprint density at radius 1 is 0.909 bits per heavy atom. The molecule has 3 aliphatic carbocycles. The Morgan fingerprint density at radius 3 is 2.03 bits per heavy atom. The fourth-order valence-corrected chi connectivity index (χ4v) is 6.42. The Balaban J connectivity index is 1.66. The molecule has 2 unspecified atom stereocenters. The normalized spacial score (nSPS) is 26.6. The molecule has 0 spiro atoms. The van der Waals surface area contributed by atoms with E-state index in [1.54, 1.807) is 6.07 Å². The number of carbonyl (C=O) groups is 3. The number of imide groups is 1. The number of para-hydroxylation sites is 2. The van der Waals surface area contributed by atoms with Gasteiger partial charge in [0.25, 0.3) is 0 Å². The lowest BCUT2D eigenvalue weighted by atomic mass is 9.46. The zero-order chi connectivity index (χ0) is 23.1. The summed E-state index contributed by atoms with van der Waals surface area (Å²) < 4.78 is 0. The summed E-state index contributed by atoms with van der Waals surface area (Å²) in [5.41, 5.74) is 1.74. The van der Waals surface area contributed by atoms with Crippen LogP contribution < -0.4 is 10.1 Å². The van der Waals surface area contributed by atoms with E-state index in [9.17, 15) is 24.8 Å². The van der Waals surface area contributed by atoms with Crippen molar-refractivity contribution >= 4 is 29.0 Å². The summed E-state index contributed by atoms with van der Waals surface area (Å²) in [7, 11) is 0. The number of Topliss-reactive ketones (excluding diaryl/α,β-unsaturated/α-hetero) is 1. The number of nitrogens with zero attached hydrogens (tertiary/aromatic N) is 2. The maximum Gasteiger partial charge on any atom is 0.239 e. The summed E-state index contributed by atoms with van der Waals surface area (Å²) in [6.45, 7) is 1.47. The number of ketones is 1. The van der Waals surface area contributed by atoms with Crippen molar-refractivity contribution in [3.63, 3.8) is 0 Å². The van der Waals surface area contributed by atoms with Crippen LogP contribution in [0.15, 0.2) is 72.8 Å². The second-order valence-electron chi connectivity index (χ2n) is 8.79. The summed E-state index contributed by atoms with van der Waals surface area (Å²) in [5.74, 6) is -3.35. The van der Waals surface area contributed by atoms with Crippen molar-refractivity contribution in [2.24, 2.45) is 11.8 Å². The first-order valence-corrected chi connectivity index (χ1v) is 10.7. The number of carbonyl (C=O) groups excluding carboxylic acids is 3. The Labute approximate surface area is 189 Å². The van der Waals surface area contributed by atoms with E-state index in [0.717, 1.165) is 27.2 Å². The number of rotatable bonds is 3. The van der Waals surface area contributed by atoms with Crippen LogP contribution in [0.5, 0.6) is 0 Å². The summed E-state index contributed by atoms with van der Waals surface area (Å²) in [6.07, 6.45) is 0. The maximum absolute atomic E-state index is 14.0. The number of anilines is 2. The van der Waals surface area contributed by atoms with Crippen LogP contribution in [0.25, 0.3) is 0 Å². The highest BCUT2D eigenvalue weighted by Crippen LogP contribution is 2.64. The molecule has 3 aromatic rings. The van der Waals surface area contributed by atoms with Gasteiger partial charge in [-0.05, 0) is 41.3 Å². The maximum atomic E-state index is 14.0. The van der Waals surface area contributed by atoms with Gasteiger partial charge in [-0.3, -0.25) is 19.6 Å². The van der Waals surface area contributed by atoms with Gasteiger partial charge in [-0.25, -0.2) is 4.90 Å². The highest BCUT2D eigenvalue weighted by Gasteiger charge is 2.70. The van der Waals surface area contributed by atoms with E-state index >= 15 is 0 Å². The minimum atomic E-state index is -1.31. The van der Waals surface area contributed by atoms with Crippen molar-refractivity contribution in [2.45, 2.75) is 18.3 Å². The van der Waals surface area contributed by atoms with Gasteiger partial charge in [0.05, 0.1) is 28.6 Å². The third kappa shape index (κ3) is 2.23. The average Bonchev–Trinajstić information content (AvgIpc) is 3.09. The Hall–Kier alpha value is -3.81. The molecule has 7 nitrogen and oxygen atoms in total. The zero-order valence-electron chi connectivity index (χ0n) is 17.6. The third-order valence-electron chi connectivity index (χ3n) is 7.50. The van der Waals surface area contributed by atoms with E-state index in [2.05, 4.69) is 0 Å². The fourth-order valence-electron chi connectivity index (χ4n) is 6.42. The Bertz CT molecular complexity index is 1320. The number of benzene rings is 3. The van der Waals surface area contributed by atoms with Crippen LogP contribution in [0.3, 0.4) is 0 Å². The first-order chi connectivity index (χ1) is 15.9. The molecule has 33 heavy (non-hydrogen) atoms. The van der Waals surface area contributed by atoms with E-state index in [-0.39, 0.29) is 22.4 Å². The molecule has 164 valence electrons.